The zero-order valence-corrected chi connectivity index (χ0v) is 46.5. The lowest BCUT2D eigenvalue weighted by molar-refractivity contribution is -0.368. The lowest BCUT2D eigenvalue weighted by Crippen LogP contribution is -2.81. The van der Waals surface area contributed by atoms with E-state index in [2.05, 4.69) is 83.1 Å². The third-order valence-electron chi connectivity index (χ3n) is 14.8. The molecule has 1 N–H and O–H groups in total. The third-order valence-corrected chi connectivity index (χ3v) is 25.8. The van der Waals surface area contributed by atoms with Gasteiger partial charge >= 0.3 is 29.1 Å². The van der Waals surface area contributed by atoms with E-state index in [1.54, 1.807) is 31.4 Å². The van der Waals surface area contributed by atoms with Gasteiger partial charge in [-0.3, -0.25) is 0 Å². The number of benzene rings is 3. The second-order valence-electron chi connectivity index (χ2n) is 23.8. The summed E-state index contributed by atoms with van der Waals surface area (Å²) in [6.07, 6.45) is -11.0. The molecule has 5 aliphatic rings. The van der Waals surface area contributed by atoms with Crippen LogP contribution in [-0.2, 0) is 64.4 Å². The Hall–Kier alpha value is -3.93. The van der Waals surface area contributed by atoms with Gasteiger partial charge in [0, 0.05) is 20.2 Å². The monoisotopic (exact) mass is 1040 g/mol. The first-order valence-electron chi connectivity index (χ1n) is 25.1. The highest BCUT2D eigenvalue weighted by Gasteiger charge is 2.77. The number of amides is 1. The summed E-state index contributed by atoms with van der Waals surface area (Å²) in [5, 5.41) is 10.8. The maximum Gasteiger partial charge on any atom is 0.404 e. The molecule has 3 aromatic rings. The minimum atomic E-state index is -3.52. The summed E-state index contributed by atoms with van der Waals surface area (Å²) in [4.78, 5) is 29.7. The van der Waals surface area contributed by atoms with Gasteiger partial charge in [0.15, 0.2) is 0 Å². The Morgan fingerprint density at radius 1 is 0.736 bits per heavy atom. The fourth-order valence-corrected chi connectivity index (χ4v) is 23.3. The van der Waals surface area contributed by atoms with E-state index in [1.165, 1.54) is 7.11 Å². The highest BCUT2D eigenvalue weighted by molar-refractivity contribution is 6.79. The van der Waals surface area contributed by atoms with Crippen LogP contribution in [0.3, 0.4) is 0 Å². The van der Waals surface area contributed by atoms with E-state index >= 15 is 0 Å². The molecule has 0 radical (unpaired) electrons. The number of carbonyl (C=O) groups is 2. The number of methoxy groups -OCH3 is 2. The van der Waals surface area contributed by atoms with Crippen molar-refractivity contribution >= 4 is 29.1 Å². The molecular formula is C54H77NO15Si2. The summed E-state index contributed by atoms with van der Waals surface area (Å²) in [7, 11) is -3.80. The zero-order chi connectivity index (χ0) is 52.2. The van der Waals surface area contributed by atoms with E-state index in [4.69, 9.17) is 55.9 Å². The first-order chi connectivity index (χ1) is 33.8. The summed E-state index contributed by atoms with van der Waals surface area (Å²) in [5.74, 6) is -2.23. The second kappa shape index (κ2) is 20.3. The molecule has 0 saturated carbocycles. The summed E-state index contributed by atoms with van der Waals surface area (Å²) < 4.78 is 82.0. The molecule has 0 unspecified atom stereocenters. The Morgan fingerprint density at radius 2 is 1.32 bits per heavy atom. The largest absolute Gasteiger partial charge is 0.497 e. The smallest absolute Gasteiger partial charge is 0.404 e. The van der Waals surface area contributed by atoms with Crippen LogP contribution in [0.5, 0.6) is 11.5 Å². The van der Waals surface area contributed by atoms with Gasteiger partial charge in [0.25, 0.3) is 5.79 Å². The van der Waals surface area contributed by atoms with Crippen LogP contribution < -0.4 is 9.47 Å². The van der Waals surface area contributed by atoms with Crippen LogP contribution in [-0.4, -0.2) is 133 Å². The molecule has 18 heteroatoms. The quantitative estimate of drug-likeness (QED) is 0.120. The molecule has 5 saturated heterocycles. The predicted molar refractivity (Wildman–Crippen MR) is 270 cm³/mol. The van der Waals surface area contributed by atoms with E-state index in [0.29, 0.717) is 11.5 Å². The molecule has 11 atom stereocenters. The van der Waals surface area contributed by atoms with Crippen LogP contribution >= 0.6 is 0 Å². The molecule has 16 nitrogen and oxygen atoms in total. The minimum absolute atomic E-state index is 0.0412. The predicted octanol–water partition coefficient (Wildman–Crippen LogP) is 9.09. The van der Waals surface area contributed by atoms with Crippen molar-refractivity contribution in [2.24, 2.45) is 0 Å². The number of aliphatic hydroxyl groups excluding tert-OH is 1. The zero-order valence-electron chi connectivity index (χ0n) is 44.5. The van der Waals surface area contributed by atoms with E-state index in [9.17, 15) is 14.7 Å². The van der Waals surface area contributed by atoms with Gasteiger partial charge in [0.05, 0.1) is 59.2 Å². The van der Waals surface area contributed by atoms with Gasteiger partial charge < -0.3 is 65.6 Å². The van der Waals surface area contributed by atoms with Crippen molar-refractivity contribution < 1.29 is 70.6 Å². The standard InChI is InChI=1S/C54H77NO15Si2/c1-50(2,3)71(51(4,5)6)55-41-38(66-49(55)58)29-54(48(57)60-14,67-44(41)43(70-71)40-33-63-72(69-40,52(7,8)9)53(10,11)12)68-45-42(56)39(32-61-30-34-21-17-15-18-22-34)65-47(64-37-27-25-36(59-13)26-28-37)46(45)62-31-35-23-19-16-20-24-35/h15-28,38-47,56H,29-33H2,1-14H3/t38-,39+,40+,41+,42-,43+,44+,45-,46+,47+,54-/m0/s1. The first-order valence-corrected chi connectivity index (χ1v) is 28.8. The van der Waals surface area contributed by atoms with Gasteiger partial charge in [0.2, 0.25) is 6.29 Å². The Morgan fingerprint density at radius 3 is 1.86 bits per heavy atom. The molecule has 0 spiro atoms. The molecule has 1 amide bonds. The average molecular weight is 1040 g/mol. The topological polar surface area (TPSA) is 168 Å². The van der Waals surface area contributed by atoms with Crippen molar-refractivity contribution in [3.63, 3.8) is 0 Å². The first kappa shape index (κ1) is 54.3. The van der Waals surface area contributed by atoms with E-state index in [1.807, 2.05) is 65.2 Å². The molecule has 0 aliphatic carbocycles. The fraction of sp³-hybridized carbons (Fsp3) is 0.630. The molecule has 5 aliphatic heterocycles. The number of aliphatic hydroxyl groups is 1. The summed E-state index contributed by atoms with van der Waals surface area (Å²) in [6, 6.07) is 25.3. The Kier molecular flexibility index (Phi) is 15.3. The van der Waals surface area contributed by atoms with Gasteiger partial charge in [-0.15, -0.1) is 0 Å². The van der Waals surface area contributed by atoms with Gasteiger partial charge in [-0.2, -0.15) is 0 Å². The number of esters is 1. The van der Waals surface area contributed by atoms with Crippen molar-refractivity contribution in [3.05, 3.63) is 96.1 Å². The number of nitrogens with zero attached hydrogens (tertiary/aromatic N) is 1. The normalized spacial score (nSPS) is 31.4. The van der Waals surface area contributed by atoms with Crippen LogP contribution in [0.1, 0.15) is 101 Å². The maximum atomic E-state index is 14.9. The molecule has 5 heterocycles. The van der Waals surface area contributed by atoms with Crippen molar-refractivity contribution in [2.75, 3.05) is 27.4 Å². The van der Waals surface area contributed by atoms with Gasteiger partial charge in [-0.25, -0.2) is 9.59 Å². The van der Waals surface area contributed by atoms with Crippen molar-refractivity contribution in [1.82, 2.24) is 4.57 Å². The lowest BCUT2D eigenvalue weighted by Gasteiger charge is -2.63. The van der Waals surface area contributed by atoms with Gasteiger partial charge in [-0.1, -0.05) is 144 Å². The number of hydrogen-bond donors (Lipinski definition) is 1. The minimum Gasteiger partial charge on any atom is -0.497 e. The van der Waals surface area contributed by atoms with Crippen LogP contribution in [0, 0.1) is 0 Å². The summed E-state index contributed by atoms with van der Waals surface area (Å²) >= 11 is 0. The molecular weight excluding hydrogens is 959 g/mol. The number of carbonyl (C=O) groups excluding carboxylic acids is 2. The number of ether oxygens (including phenoxy) is 9. The van der Waals surface area contributed by atoms with Crippen LogP contribution in [0.25, 0.3) is 0 Å². The van der Waals surface area contributed by atoms with Crippen LogP contribution in [0.15, 0.2) is 84.9 Å². The molecule has 0 aromatic heterocycles. The number of hydrogen-bond acceptors (Lipinski definition) is 15. The van der Waals surface area contributed by atoms with E-state index in [0.717, 1.165) is 11.1 Å². The average Bonchev–Trinajstić information content (AvgIpc) is 3.94. The van der Waals surface area contributed by atoms with Gasteiger partial charge in [-0.05, 0) is 35.4 Å². The second-order valence-corrected chi connectivity index (χ2v) is 33.6. The SMILES string of the molecule is COC(=O)[C@@]1(O[C@H]2[C@@H](O)[C@@H](COCc3ccccc3)O[C@@H](Oc3ccc(OC)cc3)[C@@H]2OCc2ccccc2)C[C@@H]2OC(=O)N3[C@H]2[C@@H](O1)[C@@H]([C@H]1CO[Si](C(C)(C)C)(C(C)(C)C)O1)O[Si]3(C(C)(C)C)C(C)(C)C. The van der Waals surface area contributed by atoms with Gasteiger partial charge in [0.1, 0.15) is 54.2 Å². The highest BCUT2D eigenvalue weighted by Crippen LogP contribution is 2.62. The van der Waals surface area contributed by atoms with Crippen molar-refractivity contribution in [2.45, 2.75) is 190 Å². The molecule has 0 bridgehead atoms. The number of rotatable bonds is 14. The van der Waals surface area contributed by atoms with Crippen molar-refractivity contribution in [1.29, 1.82) is 0 Å². The molecule has 396 valence electrons. The Labute approximate surface area is 427 Å². The molecule has 3 aromatic carbocycles. The van der Waals surface area contributed by atoms with Crippen LogP contribution in [0.4, 0.5) is 4.79 Å². The summed E-state index contributed by atoms with van der Waals surface area (Å²) in [6.45, 7) is 25.9. The van der Waals surface area contributed by atoms with E-state index < -0.39 is 106 Å². The fourth-order valence-electron chi connectivity index (χ4n) is 12.1. The molecule has 5 fully saturated rings. The van der Waals surface area contributed by atoms with E-state index in [-0.39, 0.29) is 42.9 Å². The summed E-state index contributed by atoms with van der Waals surface area (Å²) in [5.41, 5.74) is 1.73. The lowest BCUT2D eigenvalue weighted by atomic mass is 9.88. The third kappa shape index (κ3) is 9.90. The molecule has 8 rings (SSSR count). The highest BCUT2D eigenvalue weighted by atomic mass is 28.4. The maximum absolute atomic E-state index is 14.9. The Bertz CT molecular complexity index is 2300. The Balaban J connectivity index is 1.24. The molecule has 72 heavy (non-hydrogen) atoms. The van der Waals surface area contributed by atoms with Crippen LogP contribution in [0.2, 0.25) is 20.2 Å². The van der Waals surface area contributed by atoms with Crippen molar-refractivity contribution in [3.8, 4) is 11.5 Å².